The Morgan fingerprint density at radius 2 is 1.83 bits per heavy atom. The molecule has 4 rings (SSSR count). The Labute approximate surface area is 142 Å². The zero-order valence-electron chi connectivity index (χ0n) is 12.0. The van der Waals surface area contributed by atoms with E-state index in [9.17, 15) is 4.79 Å². The summed E-state index contributed by atoms with van der Waals surface area (Å²) in [5.74, 6) is 0.564. The zero-order chi connectivity index (χ0) is 16.0. The van der Waals surface area contributed by atoms with Gasteiger partial charge < -0.3 is 9.32 Å². The number of carbonyl (C=O) groups excluding carboxylic acids is 1. The van der Waals surface area contributed by atoms with E-state index < -0.39 is 0 Å². The fourth-order valence-electron chi connectivity index (χ4n) is 2.84. The largest absolute Gasteiger partial charge is 0.440 e. The van der Waals surface area contributed by atoms with Crippen molar-refractivity contribution in [3.05, 3.63) is 58.4 Å². The maximum absolute atomic E-state index is 12.3. The number of benzene rings is 2. The van der Waals surface area contributed by atoms with Crippen LogP contribution in [0.5, 0.6) is 0 Å². The lowest BCUT2D eigenvalue weighted by Gasteiger charge is -2.16. The molecule has 3 aromatic rings. The van der Waals surface area contributed by atoms with Crippen LogP contribution >= 0.6 is 23.2 Å². The van der Waals surface area contributed by atoms with Gasteiger partial charge in [0.25, 0.3) is 0 Å². The molecule has 0 aliphatic carbocycles. The first-order chi connectivity index (χ1) is 11.1. The highest BCUT2D eigenvalue weighted by Crippen LogP contribution is 2.33. The van der Waals surface area contributed by atoms with Crippen LogP contribution in [0.4, 0.5) is 5.69 Å². The summed E-state index contributed by atoms with van der Waals surface area (Å²) in [5.41, 5.74) is 2.23. The molecular weight excluding hydrogens is 335 g/mol. The number of oxazole rings is 1. The molecule has 0 N–H and O–H groups in total. The van der Waals surface area contributed by atoms with E-state index in [0.717, 1.165) is 5.69 Å². The Morgan fingerprint density at radius 1 is 1.09 bits per heavy atom. The van der Waals surface area contributed by atoms with Crippen LogP contribution in [0, 0.1) is 0 Å². The van der Waals surface area contributed by atoms with Crippen LogP contribution in [0.3, 0.4) is 0 Å². The predicted octanol–water partition coefficient (Wildman–Crippen LogP) is 4.66. The third-order valence-corrected chi connectivity index (χ3v) is 4.47. The van der Waals surface area contributed by atoms with Crippen LogP contribution in [0.25, 0.3) is 11.1 Å². The summed E-state index contributed by atoms with van der Waals surface area (Å²) in [4.78, 5) is 18.5. The molecular formula is C17H12Cl2N2O2. The molecule has 23 heavy (non-hydrogen) atoms. The second-order valence-corrected chi connectivity index (χ2v) is 6.42. The number of amides is 1. The van der Waals surface area contributed by atoms with Crippen LogP contribution in [-0.4, -0.2) is 17.4 Å². The van der Waals surface area contributed by atoms with Crippen molar-refractivity contribution in [2.75, 3.05) is 11.4 Å². The molecule has 0 bridgehead atoms. The maximum Gasteiger partial charge on any atom is 0.227 e. The van der Waals surface area contributed by atoms with Crippen molar-refractivity contribution in [2.45, 2.75) is 12.3 Å². The first-order valence-electron chi connectivity index (χ1n) is 7.22. The van der Waals surface area contributed by atoms with Gasteiger partial charge in [-0.3, -0.25) is 4.79 Å². The van der Waals surface area contributed by atoms with Gasteiger partial charge >= 0.3 is 0 Å². The molecule has 2 aromatic carbocycles. The minimum atomic E-state index is -0.0654. The Balaban J connectivity index is 1.62. The van der Waals surface area contributed by atoms with Gasteiger partial charge in [0.1, 0.15) is 5.52 Å². The number of halogens is 2. The van der Waals surface area contributed by atoms with Crippen LogP contribution in [0.2, 0.25) is 10.0 Å². The molecule has 116 valence electrons. The summed E-state index contributed by atoms with van der Waals surface area (Å²) in [6.45, 7) is 0.543. The highest BCUT2D eigenvalue weighted by molar-refractivity contribution is 6.31. The molecule has 2 heterocycles. The van der Waals surface area contributed by atoms with Crippen LogP contribution in [-0.2, 0) is 4.79 Å². The van der Waals surface area contributed by atoms with Gasteiger partial charge in [-0.05, 0) is 42.5 Å². The maximum atomic E-state index is 12.3. The van der Waals surface area contributed by atoms with E-state index in [4.69, 9.17) is 27.6 Å². The number of hydrogen-bond acceptors (Lipinski definition) is 3. The standard InChI is InChI=1S/C17H12Cl2N2O2/c18-11-1-4-13(5-2-11)21-9-10(7-16(21)22)17-20-14-8-12(19)3-6-15(14)23-17/h1-6,8,10H,7,9H2/t10-/m1/s1. The third-order valence-electron chi connectivity index (χ3n) is 3.98. The molecule has 0 saturated carbocycles. The van der Waals surface area contributed by atoms with E-state index in [2.05, 4.69) is 4.98 Å². The van der Waals surface area contributed by atoms with E-state index in [1.807, 2.05) is 12.1 Å². The molecule has 1 saturated heterocycles. The fraction of sp³-hybridized carbons (Fsp3) is 0.176. The highest BCUT2D eigenvalue weighted by atomic mass is 35.5. The Hall–Kier alpha value is -2.04. The van der Waals surface area contributed by atoms with Crippen molar-refractivity contribution in [2.24, 2.45) is 0 Å². The topological polar surface area (TPSA) is 46.3 Å². The average molecular weight is 347 g/mol. The normalized spacial score (nSPS) is 18.1. The monoisotopic (exact) mass is 346 g/mol. The van der Waals surface area contributed by atoms with Crippen LogP contribution in [0.15, 0.2) is 46.9 Å². The van der Waals surface area contributed by atoms with Gasteiger partial charge in [0.2, 0.25) is 11.8 Å². The number of carbonyl (C=O) groups is 1. The lowest BCUT2D eigenvalue weighted by molar-refractivity contribution is -0.117. The van der Waals surface area contributed by atoms with Crippen LogP contribution < -0.4 is 4.90 Å². The Bertz CT molecular complexity index is 889. The Kier molecular flexibility index (Phi) is 3.51. The zero-order valence-corrected chi connectivity index (χ0v) is 13.5. The van der Waals surface area contributed by atoms with E-state index >= 15 is 0 Å². The summed E-state index contributed by atoms with van der Waals surface area (Å²) in [5, 5.41) is 1.26. The predicted molar refractivity (Wildman–Crippen MR) is 90.2 cm³/mol. The third kappa shape index (κ3) is 2.69. The lowest BCUT2D eigenvalue weighted by atomic mass is 10.1. The van der Waals surface area contributed by atoms with Gasteiger partial charge in [0.05, 0.1) is 5.92 Å². The molecule has 1 aromatic heterocycles. The van der Waals surface area contributed by atoms with Crippen molar-refractivity contribution in [1.82, 2.24) is 4.98 Å². The SMILES string of the molecule is O=C1C[C@@H](c2nc3cc(Cl)ccc3o2)CN1c1ccc(Cl)cc1. The molecule has 0 radical (unpaired) electrons. The molecule has 1 aliphatic rings. The van der Waals surface area contributed by atoms with Gasteiger partial charge in [-0.1, -0.05) is 23.2 Å². The van der Waals surface area contributed by atoms with Crippen molar-refractivity contribution in [3.8, 4) is 0 Å². The van der Waals surface area contributed by atoms with Gasteiger partial charge in [-0.25, -0.2) is 4.98 Å². The molecule has 4 nitrogen and oxygen atoms in total. The van der Waals surface area contributed by atoms with Crippen molar-refractivity contribution < 1.29 is 9.21 Å². The molecule has 0 unspecified atom stereocenters. The van der Waals surface area contributed by atoms with E-state index in [0.29, 0.717) is 40.0 Å². The summed E-state index contributed by atoms with van der Waals surface area (Å²) >= 11 is 11.9. The number of aromatic nitrogens is 1. The van der Waals surface area contributed by atoms with Crippen molar-refractivity contribution >= 4 is 45.9 Å². The number of anilines is 1. The second-order valence-electron chi connectivity index (χ2n) is 5.55. The number of fused-ring (bicyclic) bond motifs is 1. The molecule has 1 fully saturated rings. The van der Waals surface area contributed by atoms with Crippen molar-refractivity contribution in [3.63, 3.8) is 0 Å². The average Bonchev–Trinajstić information content (AvgIpc) is 3.11. The van der Waals surface area contributed by atoms with Gasteiger partial charge in [-0.15, -0.1) is 0 Å². The van der Waals surface area contributed by atoms with Gasteiger partial charge in [-0.2, -0.15) is 0 Å². The summed E-state index contributed by atoms with van der Waals surface area (Å²) in [7, 11) is 0. The number of rotatable bonds is 2. The van der Waals surface area contributed by atoms with Gasteiger partial charge in [0.15, 0.2) is 5.58 Å². The van der Waals surface area contributed by atoms with Crippen molar-refractivity contribution in [1.29, 1.82) is 0 Å². The quantitative estimate of drug-likeness (QED) is 0.678. The molecule has 1 aliphatic heterocycles. The molecule has 1 amide bonds. The van der Waals surface area contributed by atoms with Gasteiger partial charge in [0, 0.05) is 28.7 Å². The van der Waals surface area contributed by atoms with E-state index in [1.165, 1.54) is 0 Å². The number of nitrogens with zero attached hydrogens (tertiary/aromatic N) is 2. The number of hydrogen-bond donors (Lipinski definition) is 0. The summed E-state index contributed by atoms with van der Waals surface area (Å²) < 4.78 is 5.79. The fourth-order valence-corrected chi connectivity index (χ4v) is 3.13. The molecule has 6 heteroatoms. The first-order valence-corrected chi connectivity index (χ1v) is 7.98. The smallest absolute Gasteiger partial charge is 0.227 e. The van der Waals surface area contributed by atoms with Crippen LogP contribution in [0.1, 0.15) is 18.2 Å². The van der Waals surface area contributed by atoms with E-state index in [1.54, 1.807) is 35.2 Å². The highest BCUT2D eigenvalue weighted by Gasteiger charge is 2.34. The minimum absolute atomic E-state index is 0.0533. The molecule has 1 atom stereocenters. The second kappa shape index (κ2) is 5.55. The first kappa shape index (κ1) is 14.5. The summed E-state index contributed by atoms with van der Waals surface area (Å²) in [6.07, 6.45) is 0.378. The summed E-state index contributed by atoms with van der Waals surface area (Å²) in [6, 6.07) is 12.6. The Morgan fingerprint density at radius 3 is 2.61 bits per heavy atom. The lowest BCUT2D eigenvalue weighted by Crippen LogP contribution is -2.24. The minimum Gasteiger partial charge on any atom is -0.440 e. The molecule has 0 spiro atoms. The van der Waals surface area contributed by atoms with E-state index in [-0.39, 0.29) is 11.8 Å².